The number of carbonyl (C=O) groups is 1. The van der Waals surface area contributed by atoms with Gasteiger partial charge in [0, 0.05) is 51.2 Å². The molecular formula is C23H39N5O3. The monoisotopic (exact) mass is 433 g/mol. The molecule has 1 aromatic carbocycles. The lowest BCUT2D eigenvalue weighted by Crippen LogP contribution is -2.55. The van der Waals surface area contributed by atoms with Gasteiger partial charge in [0.25, 0.3) is 0 Å². The highest BCUT2D eigenvalue weighted by molar-refractivity contribution is 5.80. The van der Waals surface area contributed by atoms with E-state index in [9.17, 15) is 4.79 Å². The molecule has 2 rings (SSSR count). The molecular weight excluding hydrogens is 394 g/mol. The van der Waals surface area contributed by atoms with Crippen molar-refractivity contribution >= 4 is 11.9 Å². The van der Waals surface area contributed by atoms with Gasteiger partial charge >= 0.3 is 0 Å². The van der Waals surface area contributed by atoms with Crippen molar-refractivity contribution in [3.8, 4) is 11.5 Å². The van der Waals surface area contributed by atoms with Crippen LogP contribution in [0.4, 0.5) is 0 Å². The molecule has 0 bridgehead atoms. The molecule has 0 radical (unpaired) electrons. The fourth-order valence-electron chi connectivity index (χ4n) is 3.68. The second-order valence-electron chi connectivity index (χ2n) is 8.84. The van der Waals surface area contributed by atoms with Gasteiger partial charge in [-0.3, -0.25) is 14.7 Å². The van der Waals surface area contributed by atoms with Gasteiger partial charge in [0.1, 0.15) is 0 Å². The maximum Gasteiger partial charge on any atom is 0.234 e. The molecule has 0 aliphatic carbocycles. The number of aliphatic imine (C=N–C) groups is 1. The third-order valence-electron chi connectivity index (χ3n) is 5.55. The second kappa shape index (κ2) is 11.2. The van der Waals surface area contributed by atoms with Gasteiger partial charge in [0.05, 0.1) is 20.8 Å². The van der Waals surface area contributed by atoms with Gasteiger partial charge in [0.2, 0.25) is 5.91 Å². The number of hydrogen-bond donors (Lipinski definition) is 2. The highest BCUT2D eigenvalue weighted by Crippen LogP contribution is 2.32. The first-order valence-electron chi connectivity index (χ1n) is 10.9. The minimum atomic E-state index is -0.133. The number of rotatable bonds is 8. The van der Waals surface area contributed by atoms with Crippen molar-refractivity contribution in [1.82, 2.24) is 20.4 Å². The van der Waals surface area contributed by atoms with E-state index in [1.165, 1.54) is 0 Å². The number of carbonyl (C=O) groups excluding carboxylic acids is 1. The maximum absolute atomic E-state index is 12.0. The number of nitrogens with one attached hydrogen (secondary N) is 2. The molecule has 8 heteroatoms. The molecule has 2 N–H and O–H groups in total. The van der Waals surface area contributed by atoms with Gasteiger partial charge in [-0.2, -0.15) is 0 Å². The largest absolute Gasteiger partial charge is 0.493 e. The van der Waals surface area contributed by atoms with Crippen LogP contribution in [0.2, 0.25) is 0 Å². The van der Waals surface area contributed by atoms with Gasteiger partial charge in [-0.25, -0.2) is 0 Å². The van der Waals surface area contributed by atoms with E-state index < -0.39 is 0 Å². The third kappa shape index (κ3) is 7.02. The Morgan fingerprint density at radius 2 is 1.77 bits per heavy atom. The van der Waals surface area contributed by atoms with Crippen LogP contribution in [0.5, 0.6) is 11.5 Å². The van der Waals surface area contributed by atoms with Gasteiger partial charge in [-0.15, -0.1) is 0 Å². The topological polar surface area (TPSA) is 78.4 Å². The van der Waals surface area contributed by atoms with E-state index in [2.05, 4.69) is 45.3 Å². The molecule has 1 fully saturated rings. The van der Waals surface area contributed by atoms with E-state index >= 15 is 0 Å². The summed E-state index contributed by atoms with van der Waals surface area (Å²) in [4.78, 5) is 20.9. The van der Waals surface area contributed by atoms with Gasteiger partial charge < -0.3 is 25.0 Å². The fraction of sp³-hybridized carbons (Fsp3) is 0.652. The molecule has 1 amide bonds. The molecule has 0 atom stereocenters. The van der Waals surface area contributed by atoms with Crippen LogP contribution in [0.15, 0.2) is 23.2 Å². The smallest absolute Gasteiger partial charge is 0.234 e. The Morgan fingerprint density at radius 1 is 1.13 bits per heavy atom. The van der Waals surface area contributed by atoms with Crippen LogP contribution in [0, 0.1) is 0 Å². The Hall–Kier alpha value is -2.48. The predicted octanol–water partition coefficient (Wildman–Crippen LogP) is 1.70. The van der Waals surface area contributed by atoms with E-state index in [-0.39, 0.29) is 17.4 Å². The number of benzene rings is 1. The quantitative estimate of drug-likeness (QED) is 0.480. The van der Waals surface area contributed by atoms with Crippen LogP contribution in [-0.2, 0) is 10.2 Å². The Bertz CT molecular complexity index is 756. The average Bonchev–Trinajstić information content (AvgIpc) is 2.74. The summed E-state index contributed by atoms with van der Waals surface area (Å²) in [5.74, 6) is 2.43. The first-order valence-corrected chi connectivity index (χ1v) is 10.9. The van der Waals surface area contributed by atoms with Gasteiger partial charge in [-0.05, 0) is 31.5 Å². The van der Waals surface area contributed by atoms with E-state index in [1.54, 1.807) is 14.2 Å². The minimum absolute atomic E-state index is 0.0858. The summed E-state index contributed by atoms with van der Waals surface area (Å²) < 4.78 is 10.8. The van der Waals surface area contributed by atoms with Crippen molar-refractivity contribution in [2.45, 2.75) is 39.2 Å². The van der Waals surface area contributed by atoms with E-state index in [0.29, 0.717) is 6.54 Å². The molecule has 174 valence electrons. The zero-order valence-electron chi connectivity index (χ0n) is 20.1. The van der Waals surface area contributed by atoms with Crippen molar-refractivity contribution in [2.75, 3.05) is 60.5 Å². The zero-order chi connectivity index (χ0) is 23.0. The highest BCUT2D eigenvalue weighted by Gasteiger charge is 2.25. The molecule has 0 aromatic heterocycles. The Morgan fingerprint density at radius 3 is 2.32 bits per heavy atom. The van der Waals surface area contributed by atoms with E-state index in [0.717, 1.165) is 55.7 Å². The first kappa shape index (κ1) is 24.8. The normalized spacial score (nSPS) is 15.7. The number of amides is 1. The summed E-state index contributed by atoms with van der Waals surface area (Å²) in [6.45, 7) is 12.9. The average molecular weight is 434 g/mol. The Kier molecular flexibility index (Phi) is 8.98. The number of piperazine rings is 1. The van der Waals surface area contributed by atoms with Gasteiger partial charge in [-0.1, -0.05) is 19.9 Å². The fourth-order valence-corrected chi connectivity index (χ4v) is 3.68. The van der Waals surface area contributed by atoms with E-state index in [4.69, 9.17) is 9.47 Å². The summed E-state index contributed by atoms with van der Waals surface area (Å²) in [5, 5.41) is 6.49. The van der Waals surface area contributed by atoms with Crippen molar-refractivity contribution in [1.29, 1.82) is 0 Å². The number of guanidine groups is 1. The standard InChI is InChI=1S/C23H39N5O3/c1-17(2)26-21(29)15-27-10-12-28(13-11-27)22(24-5)25-16-23(3,4)18-8-9-19(30-6)20(14-18)31-7/h8-9,14,17H,10-13,15-16H2,1-7H3,(H,24,25)(H,26,29). The molecule has 1 saturated heterocycles. The lowest BCUT2D eigenvalue weighted by molar-refractivity contribution is -0.123. The second-order valence-corrected chi connectivity index (χ2v) is 8.84. The summed E-state index contributed by atoms with van der Waals surface area (Å²) in [6.07, 6.45) is 0. The molecule has 0 unspecified atom stereocenters. The summed E-state index contributed by atoms with van der Waals surface area (Å²) >= 11 is 0. The minimum Gasteiger partial charge on any atom is -0.493 e. The number of hydrogen-bond acceptors (Lipinski definition) is 5. The van der Waals surface area contributed by atoms with Crippen LogP contribution in [-0.4, -0.2) is 88.2 Å². The van der Waals surface area contributed by atoms with E-state index in [1.807, 2.05) is 33.0 Å². The molecule has 0 spiro atoms. The van der Waals surface area contributed by atoms with Crippen LogP contribution in [0.25, 0.3) is 0 Å². The van der Waals surface area contributed by atoms with Crippen LogP contribution in [0.1, 0.15) is 33.3 Å². The van der Waals surface area contributed by atoms with Crippen molar-refractivity contribution in [2.24, 2.45) is 4.99 Å². The van der Waals surface area contributed by atoms with Crippen molar-refractivity contribution < 1.29 is 14.3 Å². The maximum atomic E-state index is 12.0. The molecule has 1 heterocycles. The van der Waals surface area contributed by atoms with Crippen LogP contribution >= 0.6 is 0 Å². The molecule has 0 saturated carbocycles. The SMILES string of the molecule is CN=C(NCC(C)(C)c1ccc(OC)c(OC)c1)N1CCN(CC(=O)NC(C)C)CC1. The molecule has 1 aliphatic heterocycles. The molecule has 1 aromatic rings. The predicted molar refractivity (Wildman–Crippen MR) is 125 cm³/mol. The number of ether oxygens (including phenoxy) is 2. The van der Waals surface area contributed by atoms with Gasteiger partial charge in [0.15, 0.2) is 17.5 Å². The summed E-state index contributed by atoms with van der Waals surface area (Å²) in [7, 11) is 5.11. The summed E-state index contributed by atoms with van der Waals surface area (Å²) in [6, 6.07) is 6.22. The Labute approximate surface area is 187 Å². The third-order valence-corrected chi connectivity index (χ3v) is 5.55. The zero-order valence-corrected chi connectivity index (χ0v) is 20.1. The molecule has 31 heavy (non-hydrogen) atoms. The first-order chi connectivity index (χ1) is 14.7. The lowest BCUT2D eigenvalue weighted by Gasteiger charge is -2.37. The Balaban J connectivity index is 1.91. The summed E-state index contributed by atoms with van der Waals surface area (Å²) in [5.41, 5.74) is 1.03. The van der Waals surface area contributed by atoms with Crippen molar-refractivity contribution in [3.63, 3.8) is 0 Å². The number of nitrogens with zero attached hydrogens (tertiary/aromatic N) is 3. The number of methoxy groups -OCH3 is 2. The molecule has 1 aliphatic rings. The van der Waals surface area contributed by atoms with Crippen LogP contribution < -0.4 is 20.1 Å². The van der Waals surface area contributed by atoms with Crippen molar-refractivity contribution in [3.05, 3.63) is 23.8 Å². The molecule has 8 nitrogen and oxygen atoms in total. The lowest BCUT2D eigenvalue weighted by atomic mass is 9.84. The van der Waals surface area contributed by atoms with Crippen LogP contribution in [0.3, 0.4) is 0 Å². The highest BCUT2D eigenvalue weighted by atomic mass is 16.5.